The van der Waals surface area contributed by atoms with Crippen molar-refractivity contribution in [1.82, 2.24) is 15.0 Å². The molecule has 0 aliphatic heterocycles. The molecule has 0 bridgehead atoms. The molecule has 2 saturated carbocycles. The number of ketones is 1. The van der Waals surface area contributed by atoms with E-state index in [1.807, 2.05) is 10.7 Å². The number of nitrogens with zero attached hydrogens (tertiary/aromatic N) is 3. The fourth-order valence-electron chi connectivity index (χ4n) is 8.23. The highest BCUT2D eigenvalue weighted by Gasteiger charge is 2.58. The molecule has 5 nitrogen and oxygen atoms in total. The molecule has 5 heteroatoms. The number of hydrogen-bond donors (Lipinski definition) is 0. The molecular formula is C35H45N3O2. The van der Waals surface area contributed by atoms with Crippen LogP contribution in [0.15, 0.2) is 54.7 Å². The molecule has 1 heterocycles. The van der Waals surface area contributed by atoms with Crippen LogP contribution in [0.4, 0.5) is 0 Å². The predicted octanol–water partition coefficient (Wildman–Crippen LogP) is 7.58. The molecule has 3 aliphatic carbocycles. The average Bonchev–Trinajstić information content (AvgIpc) is 3.52. The highest BCUT2D eigenvalue weighted by atomic mass is 16.5. The first-order valence-corrected chi connectivity index (χ1v) is 15.6. The molecular weight excluding hydrogens is 494 g/mol. The molecule has 0 saturated heterocycles. The lowest BCUT2D eigenvalue weighted by Gasteiger charge is -2.50. The number of fused-ring (bicyclic) bond motifs is 5. The Labute approximate surface area is 239 Å². The first kappa shape index (κ1) is 27.2. The van der Waals surface area contributed by atoms with E-state index in [0.717, 1.165) is 69.4 Å². The first-order chi connectivity index (χ1) is 19.4. The summed E-state index contributed by atoms with van der Waals surface area (Å²) in [5, 5.41) is 8.77. The van der Waals surface area contributed by atoms with Crippen molar-refractivity contribution in [2.75, 3.05) is 0 Å². The van der Waals surface area contributed by atoms with Crippen molar-refractivity contribution in [2.45, 2.75) is 97.6 Å². The van der Waals surface area contributed by atoms with Crippen LogP contribution in [0.1, 0.15) is 94.0 Å². The molecule has 0 amide bonds. The van der Waals surface area contributed by atoms with Crippen molar-refractivity contribution in [3.8, 4) is 5.75 Å². The molecule has 40 heavy (non-hydrogen) atoms. The van der Waals surface area contributed by atoms with Gasteiger partial charge in [0.1, 0.15) is 18.1 Å². The Morgan fingerprint density at radius 1 is 1.12 bits per heavy atom. The lowest BCUT2D eigenvalue weighted by molar-refractivity contribution is -0.129. The second-order valence-corrected chi connectivity index (χ2v) is 13.4. The molecule has 0 N–H and O–H groups in total. The molecule has 1 aromatic heterocycles. The van der Waals surface area contributed by atoms with Gasteiger partial charge in [0, 0.05) is 24.6 Å². The Morgan fingerprint density at radius 3 is 2.80 bits per heavy atom. The normalized spacial score (nSPS) is 27.4. The zero-order valence-electron chi connectivity index (χ0n) is 24.5. The summed E-state index contributed by atoms with van der Waals surface area (Å²) in [6.45, 7) is 8.29. The van der Waals surface area contributed by atoms with Crippen molar-refractivity contribution >= 4 is 5.78 Å². The lowest BCUT2D eigenvalue weighted by Crippen LogP contribution is -2.44. The summed E-state index contributed by atoms with van der Waals surface area (Å²) in [4.78, 5) is 13.4. The van der Waals surface area contributed by atoms with Gasteiger partial charge in [0.2, 0.25) is 0 Å². The molecule has 0 radical (unpaired) electrons. The van der Waals surface area contributed by atoms with E-state index < -0.39 is 0 Å². The van der Waals surface area contributed by atoms with E-state index >= 15 is 0 Å². The summed E-state index contributed by atoms with van der Waals surface area (Å²) in [7, 11) is 0. The Morgan fingerprint density at radius 2 is 1.98 bits per heavy atom. The topological polar surface area (TPSA) is 57.0 Å². The third kappa shape index (κ3) is 5.49. The number of hydrogen-bond acceptors (Lipinski definition) is 4. The molecule has 2 fully saturated rings. The largest absolute Gasteiger partial charge is 0.489 e. The van der Waals surface area contributed by atoms with Gasteiger partial charge in [-0.05, 0) is 110 Å². The maximum absolute atomic E-state index is 13.4. The van der Waals surface area contributed by atoms with Crippen molar-refractivity contribution < 1.29 is 9.53 Å². The van der Waals surface area contributed by atoms with E-state index in [4.69, 9.17) is 4.74 Å². The molecule has 212 valence electrons. The van der Waals surface area contributed by atoms with E-state index in [1.54, 1.807) is 0 Å². The van der Waals surface area contributed by atoms with Crippen LogP contribution in [0.25, 0.3) is 0 Å². The second-order valence-electron chi connectivity index (χ2n) is 13.4. The van der Waals surface area contributed by atoms with Crippen LogP contribution in [-0.2, 0) is 30.8 Å². The summed E-state index contributed by atoms with van der Waals surface area (Å²) < 4.78 is 8.18. The Balaban J connectivity index is 1.11. The number of aryl methyl sites for hydroxylation is 3. The minimum absolute atomic E-state index is 0.140. The van der Waals surface area contributed by atoms with Crippen LogP contribution in [0, 0.1) is 29.1 Å². The van der Waals surface area contributed by atoms with Crippen LogP contribution in [-0.4, -0.2) is 20.8 Å². The third-order valence-electron chi connectivity index (χ3n) is 10.3. The highest BCUT2D eigenvalue weighted by molar-refractivity contribution is 5.87. The zero-order chi connectivity index (χ0) is 27.7. The van der Waals surface area contributed by atoms with E-state index in [1.165, 1.54) is 23.1 Å². The predicted molar refractivity (Wildman–Crippen MR) is 158 cm³/mol. The second kappa shape index (κ2) is 11.5. The number of benzene rings is 2. The SMILES string of the molecule is CC(C)CCc1cn(CCCC2CC(=O)C3(C)CCC4c5ccc(OCc6ccccc6)cc5CCC4C23)nn1. The monoisotopic (exact) mass is 539 g/mol. The van der Waals surface area contributed by atoms with Crippen LogP contribution < -0.4 is 4.74 Å². The maximum atomic E-state index is 13.4. The zero-order valence-corrected chi connectivity index (χ0v) is 24.5. The van der Waals surface area contributed by atoms with Gasteiger partial charge in [-0.2, -0.15) is 0 Å². The number of carbonyl (C=O) groups excluding carboxylic acids is 1. The average molecular weight is 540 g/mol. The fourth-order valence-corrected chi connectivity index (χ4v) is 8.23. The summed E-state index contributed by atoms with van der Waals surface area (Å²) >= 11 is 0. The summed E-state index contributed by atoms with van der Waals surface area (Å²) in [6.07, 6.45) is 11.6. The van der Waals surface area contributed by atoms with E-state index in [2.05, 4.69) is 79.7 Å². The van der Waals surface area contributed by atoms with Gasteiger partial charge in [-0.1, -0.05) is 62.4 Å². The molecule has 3 aliphatic rings. The van der Waals surface area contributed by atoms with Gasteiger partial charge in [-0.15, -0.1) is 5.10 Å². The van der Waals surface area contributed by atoms with Gasteiger partial charge in [0.15, 0.2) is 0 Å². The third-order valence-corrected chi connectivity index (χ3v) is 10.3. The quantitative estimate of drug-likeness (QED) is 0.266. The Bertz CT molecular complexity index is 1320. The maximum Gasteiger partial charge on any atom is 0.139 e. The molecule has 3 aromatic rings. The van der Waals surface area contributed by atoms with Crippen LogP contribution in [0.5, 0.6) is 5.75 Å². The van der Waals surface area contributed by atoms with Gasteiger partial charge in [0.25, 0.3) is 0 Å². The van der Waals surface area contributed by atoms with Crippen molar-refractivity contribution in [3.05, 3.63) is 77.1 Å². The molecule has 5 unspecified atom stereocenters. The molecule has 0 spiro atoms. The van der Waals surface area contributed by atoms with Crippen LogP contribution >= 0.6 is 0 Å². The number of ether oxygens (including phenoxy) is 1. The number of carbonyl (C=O) groups is 1. The van der Waals surface area contributed by atoms with E-state index in [0.29, 0.717) is 42.0 Å². The minimum Gasteiger partial charge on any atom is -0.489 e. The van der Waals surface area contributed by atoms with Gasteiger partial charge in [-0.3, -0.25) is 9.48 Å². The van der Waals surface area contributed by atoms with Gasteiger partial charge >= 0.3 is 0 Å². The number of aromatic nitrogens is 3. The summed E-state index contributed by atoms with van der Waals surface area (Å²) in [5.41, 5.74) is 5.12. The van der Waals surface area contributed by atoms with E-state index in [9.17, 15) is 4.79 Å². The van der Waals surface area contributed by atoms with Gasteiger partial charge in [-0.25, -0.2) is 0 Å². The Hall–Kier alpha value is -2.95. The van der Waals surface area contributed by atoms with Crippen molar-refractivity contribution in [3.63, 3.8) is 0 Å². The number of Topliss-reactive ketones (excluding diaryl/α,β-unsaturated/α-hetero) is 1. The highest BCUT2D eigenvalue weighted by Crippen LogP contribution is 2.62. The van der Waals surface area contributed by atoms with Crippen molar-refractivity contribution in [1.29, 1.82) is 0 Å². The van der Waals surface area contributed by atoms with E-state index in [-0.39, 0.29) is 5.41 Å². The standard InChI is InChI=1S/C35H45N3O2/c1-24(2)11-13-28-22-38(37-36-28)19-7-10-27-21-33(39)35(3)18-17-31-30-16-14-29(40-23-25-8-5-4-6-9-25)20-26(30)12-15-32(31)34(27)35/h4-6,8-9,14,16,20,22,24,27,31-32,34H,7,10-13,15,17-19,21,23H2,1-3H3. The molecule has 5 atom stereocenters. The van der Waals surface area contributed by atoms with Gasteiger partial charge in [0.05, 0.1) is 5.69 Å². The fraction of sp³-hybridized carbons (Fsp3) is 0.571. The molecule has 2 aromatic carbocycles. The summed E-state index contributed by atoms with van der Waals surface area (Å²) in [6, 6.07) is 17.2. The smallest absolute Gasteiger partial charge is 0.139 e. The first-order valence-electron chi connectivity index (χ1n) is 15.6. The van der Waals surface area contributed by atoms with Gasteiger partial charge < -0.3 is 4.74 Å². The van der Waals surface area contributed by atoms with Crippen molar-refractivity contribution in [2.24, 2.45) is 29.1 Å². The lowest BCUT2D eigenvalue weighted by atomic mass is 9.54. The van der Waals surface area contributed by atoms with Crippen LogP contribution in [0.3, 0.4) is 0 Å². The Kier molecular flexibility index (Phi) is 7.83. The van der Waals surface area contributed by atoms with Crippen LogP contribution in [0.2, 0.25) is 0 Å². The molecule has 6 rings (SSSR count). The summed E-state index contributed by atoms with van der Waals surface area (Å²) in [5.74, 6) is 4.33. The minimum atomic E-state index is -0.140. The number of rotatable bonds is 10.